The summed E-state index contributed by atoms with van der Waals surface area (Å²) in [7, 11) is 0. The molecule has 94 valence electrons. The van der Waals surface area contributed by atoms with Crippen LogP contribution in [0, 0.1) is 5.92 Å². The molecule has 0 aliphatic rings. The Labute approximate surface area is 110 Å². The molecule has 2 unspecified atom stereocenters. The maximum atomic E-state index is 3.77. The number of nitrogens with one attached hydrogen (secondary N) is 1. The molecule has 0 bridgehead atoms. The van der Waals surface area contributed by atoms with E-state index in [0.29, 0.717) is 12.0 Å². The van der Waals surface area contributed by atoms with Gasteiger partial charge in [-0.1, -0.05) is 38.5 Å². The van der Waals surface area contributed by atoms with Crippen molar-refractivity contribution < 1.29 is 0 Å². The fourth-order valence-corrected chi connectivity index (χ4v) is 2.36. The standard InChI is InChI=1S/C15H23NS/c1-5-11-17-15-10-8-7-9-14(15)16-13(4)12(3)6-2/h5,7-10,12-13,16H,1,6,11H2,2-4H3. The number of hydrogen-bond donors (Lipinski definition) is 1. The number of para-hydroxylation sites is 1. The van der Waals surface area contributed by atoms with Crippen LogP contribution in [-0.2, 0) is 0 Å². The monoisotopic (exact) mass is 249 g/mol. The van der Waals surface area contributed by atoms with E-state index in [-0.39, 0.29) is 0 Å². The smallest absolute Gasteiger partial charge is 0.0480 e. The average molecular weight is 249 g/mol. The summed E-state index contributed by atoms with van der Waals surface area (Å²) in [6.45, 7) is 10.5. The summed E-state index contributed by atoms with van der Waals surface area (Å²) in [4.78, 5) is 1.31. The normalized spacial score (nSPS) is 14.1. The number of anilines is 1. The van der Waals surface area contributed by atoms with Gasteiger partial charge < -0.3 is 5.32 Å². The second-order valence-electron chi connectivity index (χ2n) is 4.41. The van der Waals surface area contributed by atoms with Crippen LogP contribution < -0.4 is 5.32 Å². The largest absolute Gasteiger partial charge is 0.381 e. The van der Waals surface area contributed by atoms with Crippen molar-refractivity contribution in [3.05, 3.63) is 36.9 Å². The lowest BCUT2D eigenvalue weighted by Gasteiger charge is -2.22. The topological polar surface area (TPSA) is 12.0 Å². The van der Waals surface area contributed by atoms with Crippen LogP contribution in [0.15, 0.2) is 41.8 Å². The van der Waals surface area contributed by atoms with Gasteiger partial charge in [0, 0.05) is 22.4 Å². The zero-order chi connectivity index (χ0) is 12.7. The van der Waals surface area contributed by atoms with Crippen LogP contribution in [0.5, 0.6) is 0 Å². The van der Waals surface area contributed by atoms with Gasteiger partial charge in [-0.15, -0.1) is 18.3 Å². The number of hydrogen-bond acceptors (Lipinski definition) is 2. The molecule has 0 heterocycles. The van der Waals surface area contributed by atoms with Gasteiger partial charge in [-0.25, -0.2) is 0 Å². The molecular formula is C15H23NS. The first-order valence-corrected chi connectivity index (χ1v) is 7.26. The highest BCUT2D eigenvalue weighted by Gasteiger charge is 2.11. The highest BCUT2D eigenvalue weighted by molar-refractivity contribution is 7.99. The molecule has 1 aromatic rings. The van der Waals surface area contributed by atoms with E-state index in [1.807, 2.05) is 17.8 Å². The van der Waals surface area contributed by atoms with Gasteiger partial charge in [0.05, 0.1) is 0 Å². The Bertz CT molecular complexity index is 349. The summed E-state index contributed by atoms with van der Waals surface area (Å²) in [5.41, 5.74) is 1.24. The molecule has 0 spiro atoms. The molecule has 1 N–H and O–H groups in total. The van der Waals surface area contributed by atoms with Crippen molar-refractivity contribution in [1.82, 2.24) is 0 Å². The highest BCUT2D eigenvalue weighted by atomic mass is 32.2. The van der Waals surface area contributed by atoms with E-state index in [4.69, 9.17) is 0 Å². The Hall–Kier alpha value is -0.890. The summed E-state index contributed by atoms with van der Waals surface area (Å²) >= 11 is 1.83. The molecule has 1 nitrogen and oxygen atoms in total. The third-order valence-electron chi connectivity index (χ3n) is 3.12. The van der Waals surface area contributed by atoms with E-state index < -0.39 is 0 Å². The quantitative estimate of drug-likeness (QED) is 0.549. The molecule has 2 heteroatoms. The molecule has 0 amide bonds. The van der Waals surface area contributed by atoms with Gasteiger partial charge in [0.2, 0.25) is 0 Å². The van der Waals surface area contributed by atoms with Crippen LogP contribution >= 0.6 is 11.8 Å². The van der Waals surface area contributed by atoms with E-state index in [0.717, 1.165) is 5.75 Å². The molecular weight excluding hydrogens is 226 g/mol. The van der Waals surface area contributed by atoms with Crippen molar-refractivity contribution in [2.24, 2.45) is 5.92 Å². The van der Waals surface area contributed by atoms with Crippen LogP contribution in [0.3, 0.4) is 0 Å². The molecule has 0 aliphatic heterocycles. The second kappa shape index (κ2) is 7.44. The van der Waals surface area contributed by atoms with Crippen molar-refractivity contribution >= 4 is 17.4 Å². The number of rotatable bonds is 7. The molecule has 17 heavy (non-hydrogen) atoms. The van der Waals surface area contributed by atoms with E-state index in [1.165, 1.54) is 17.0 Å². The minimum Gasteiger partial charge on any atom is -0.381 e. The summed E-state index contributed by atoms with van der Waals surface area (Å²) in [6, 6.07) is 9.00. The van der Waals surface area contributed by atoms with Gasteiger partial charge in [0.15, 0.2) is 0 Å². The molecule has 0 fully saturated rings. The summed E-state index contributed by atoms with van der Waals surface area (Å²) in [5, 5.41) is 3.61. The summed E-state index contributed by atoms with van der Waals surface area (Å²) in [6.07, 6.45) is 3.15. The minimum absolute atomic E-state index is 0.505. The first-order chi connectivity index (χ1) is 8.19. The van der Waals surface area contributed by atoms with Crippen molar-refractivity contribution in [1.29, 1.82) is 0 Å². The van der Waals surface area contributed by atoms with Gasteiger partial charge in [0.25, 0.3) is 0 Å². The number of thioether (sulfide) groups is 1. The first kappa shape index (κ1) is 14.2. The molecule has 1 aromatic carbocycles. The van der Waals surface area contributed by atoms with Crippen molar-refractivity contribution in [3.63, 3.8) is 0 Å². The van der Waals surface area contributed by atoms with Crippen LogP contribution in [0.1, 0.15) is 27.2 Å². The maximum absolute atomic E-state index is 3.77. The van der Waals surface area contributed by atoms with E-state index in [9.17, 15) is 0 Å². The molecule has 0 aromatic heterocycles. The fraction of sp³-hybridized carbons (Fsp3) is 0.467. The predicted molar refractivity (Wildman–Crippen MR) is 79.9 cm³/mol. The number of benzene rings is 1. The lowest BCUT2D eigenvalue weighted by atomic mass is 10.0. The predicted octanol–water partition coefficient (Wildman–Crippen LogP) is 4.81. The average Bonchev–Trinajstić information content (AvgIpc) is 2.36. The SMILES string of the molecule is C=CCSc1ccccc1NC(C)C(C)CC. The Morgan fingerprint density at radius 2 is 2.06 bits per heavy atom. The van der Waals surface area contributed by atoms with E-state index in [1.54, 1.807) is 0 Å². The van der Waals surface area contributed by atoms with Gasteiger partial charge in [-0.3, -0.25) is 0 Å². The van der Waals surface area contributed by atoms with Gasteiger partial charge in [-0.2, -0.15) is 0 Å². The van der Waals surface area contributed by atoms with Gasteiger partial charge in [-0.05, 0) is 25.0 Å². The van der Waals surface area contributed by atoms with Crippen molar-refractivity contribution in [2.45, 2.75) is 38.1 Å². The lowest BCUT2D eigenvalue weighted by Crippen LogP contribution is -2.23. The van der Waals surface area contributed by atoms with Crippen LogP contribution in [-0.4, -0.2) is 11.8 Å². The van der Waals surface area contributed by atoms with E-state index in [2.05, 4.69) is 56.9 Å². The fourth-order valence-electron chi connectivity index (χ4n) is 1.60. The van der Waals surface area contributed by atoms with Crippen LogP contribution in [0.2, 0.25) is 0 Å². The Morgan fingerprint density at radius 3 is 2.71 bits per heavy atom. The molecule has 0 saturated heterocycles. The van der Waals surface area contributed by atoms with Crippen molar-refractivity contribution in [3.8, 4) is 0 Å². The van der Waals surface area contributed by atoms with Crippen molar-refractivity contribution in [2.75, 3.05) is 11.1 Å². The molecule has 0 saturated carbocycles. The Morgan fingerprint density at radius 1 is 1.35 bits per heavy atom. The second-order valence-corrected chi connectivity index (χ2v) is 5.48. The third-order valence-corrected chi connectivity index (χ3v) is 4.19. The lowest BCUT2D eigenvalue weighted by molar-refractivity contribution is 0.494. The van der Waals surface area contributed by atoms with Gasteiger partial charge >= 0.3 is 0 Å². The molecule has 0 radical (unpaired) electrons. The van der Waals surface area contributed by atoms with Crippen LogP contribution in [0.4, 0.5) is 5.69 Å². The first-order valence-electron chi connectivity index (χ1n) is 6.28. The minimum atomic E-state index is 0.505. The Balaban J connectivity index is 2.72. The van der Waals surface area contributed by atoms with Gasteiger partial charge in [0.1, 0.15) is 0 Å². The molecule has 2 atom stereocenters. The molecule has 0 aliphatic carbocycles. The molecule has 1 rings (SSSR count). The summed E-state index contributed by atoms with van der Waals surface area (Å²) < 4.78 is 0. The van der Waals surface area contributed by atoms with E-state index >= 15 is 0 Å². The summed E-state index contributed by atoms with van der Waals surface area (Å²) in [5.74, 6) is 1.64. The highest BCUT2D eigenvalue weighted by Crippen LogP contribution is 2.28. The zero-order valence-electron chi connectivity index (χ0n) is 11.1. The zero-order valence-corrected chi connectivity index (χ0v) is 11.9. The third kappa shape index (κ3) is 4.47. The maximum Gasteiger partial charge on any atom is 0.0480 e. The van der Waals surface area contributed by atoms with Crippen LogP contribution in [0.25, 0.3) is 0 Å². The Kier molecular flexibility index (Phi) is 6.20.